The molecule has 0 heterocycles. The number of nitrogens with zero attached hydrogens (tertiary/aromatic N) is 1. The van der Waals surface area contributed by atoms with Crippen molar-refractivity contribution < 1.29 is 4.79 Å². The molecular weight excluding hydrogens is 248 g/mol. The van der Waals surface area contributed by atoms with Crippen LogP contribution in [0.5, 0.6) is 0 Å². The second-order valence-electron chi connectivity index (χ2n) is 5.86. The van der Waals surface area contributed by atoms with E-state index in [1.807, 2.05) is 4.90 Å². The van der Waals surface area contributed by atoms with Crippen molar-refractivity contribution in [3.8, 4) is 0 Å². The highest BCUT2D eigenvalue weighted by Crippen LogP contribution is 2.23. The second kappa shape index (κ2) is 7.44. The fraction of sp³-hybridized carbons (Fsp3) is 0.588. The highest BCUT2D eigenvalue weighted by molar-refractivity contribution is 5.78. The SMILES string of the molecule is Cc1cccc(CN(C(=O)CN)C2CCCCCC2)c1. The number of nitrogens with two attached hydrogens (primary N) is 1. The van der Waals surface area contributed by atoms with Gasteiger partial charge in [-0.25, -0.2) is 0 Å². The average molecular weight is 274 g/mol. The van der Waals surface area contributed by atoms with Gasteiger partial charge in [0.15, 0.2) is 0 Å². The van der Waals surface area contributed by atoms with Crippen LogP contribution in [0.4, 0.5) is 0 Å². The van der Waals surface area contributed by atoms with Crippen LogP contribution in [0.2, 0.25) is 0 Å². The first kappa shape index (κ1) is 15.0. The van der Waals surface area contributed by atoms with Crippen molar-refractivity contribution in [1.82, 2.24) is 4.90 Å². The zero-order chi connectivity index (χ0) is 14.4. The molecule has 110 valence electrons. The summed E-state index contributed by atoms with van der Waals surface area (Å²) in [7, 11) is 0. The van der Waals surface area contributed by atoms with Crippen LogP contribution < -0.4 is 5.73 Å². The summed E-state index contributed by atoms with van der Waals surface area (Å²) < 4.78 is 0. The van der Waals surface area contributed by atoms with Crippen molar-refractivity contribution >= 4 is 5.91 Å². The van der Waals surface area contributed by atoms with E-state index in [9.17, 15) is 4.79 Å². The minimum atomic E-state index is 0.0819. The van der Waals surface area contributed by atoms with Gasteiger partial charge in [-0.2, -0.15) is 0 Å². The van der Waals surface area contributed by atoms with Gasteiger partial charge in [-0.1, -0.05) is 55.5 Å². The highest BCUT2D eigenvalue weighted by atomic mass is 16.2. The number of carbonyl (C=O) groups is 1. The summed E-state index contributed by atoms with van der Waals surface area (Å²) >= 11 is 0. The molecule has 1 aromatic rings. The first-order valence-electron chi connectivity index (χ1n) is 7.76. The summed E-state index contributed by atoms with van der Waals surface area (Å²) in [6.07, 6.45) is 7.30. The first-order chi connectivity index (χ1) is 9.70. The summed E-state index contributed by atoms with van der Waals surface area (Å²) in [6, 6.07) is 8.77. The van der Waals surface area contributed by atoms with Crippen LogP contribution >= 0.6 is 0 Å². The first-order valence-corrected chi connectivity index (χ1v) is 7.76. The van der Waals surface area contributed by atoms with Gasteiger partial charge in [-0.15, -0.1) is 0 Å². The van der Waals surface area contributed by atoms with E-state index in [0.717, 1.165) is 12.8 Å². The van der Waals surface area contributed by atoms with Crippen molar-refractivity contribution in [2.45, 2.75) is 58.0 Å². The molecule has 0 atom stereocenters. The van der Waals surface area contributed by atoms with E-state index in [1.165, 1.54) is 36.8 Å². The molecule has 0 unspecified atom stereocenters. The molecule has 0 saturated heterocycles. The van der Waals surface area contributed by atoms with Crippen molar-refractivity contribution in [3.05, 3.63) is 35.4 Å². The van der Waals surface area contributed by atoms with E-state index >= 15 is 0 Å². The van der Waals surface area contributed by atoms with E-state index in [0.29, 0.717) is 12.6 Å². The summed E-state index contributed by atoms with van der Waals surface area (Å²) in [6.45, 7) is 2.90. The average Bonchev–Trinajstić information content (AvgIpc) is 2.73. The van der Waals surface area contributed by atoms with Crippen molar-refractivity contribution in [2.75, 3.05) is 6.54 Å². The van der Waals surface area contributed by atoms with Crippen LogP contribution in [-0.4, -0.2) is 23.4 Å². The third-order valence-corrected chi connectivity index (χ3v) is 4.20. The lowest BCUT2D eigenvalue weighted by Crippen LogP contribution is -2.42. The number of rotatable bonds is 4. The van der Waals surface area contributed by atoms with Crippen LogP contribution in [0.1, 0.15) is 49.7 Å². The second-order valence-corrected chi connectivity index (χ2v) is 5.86. The van der Waals surface area contributed by atoms with Crippen LogP contribution in [0.15, 0.2) is 24.3 Å². The topological polar surface area (TPSA) is 46.3 Å². The van der Waals surface area contributed by atoms with Gasteiger partial charge in [-0.05, 0) is 25.3 Å². The van der Waals surface area contributed by atoms with Crippen LogP contribution in [0, 0.1) is 6.92 Å². The van der Waals surface area contributed by atoms with Gasteiger partial charge in [0.05, 0.1) is 6.54 Å². The molecule has 1 aliphatic carbocycles. The third kappa shape index (κ3) is 4.07. The van der Waals surface area contributed by atoms with E-state index < -0.39 is 0 Å². The minimum absolute atomic E-state index is 0.0819. The minimum Gasteiger partial charge on any atom is -0.334 e. The molecule has 0 spiro atoms. The lowest BCUT2D eigenvalue weighted by Gasteiger charge is -2.31. The molecule has 1 amide bonds. The van der Waals surface area contributed by atoms with E-state index in [2.05, 4.69) is 31.2 Å². The summed E-state index contributed by atoms with van der Waals surface area (Å²) in [5.41, 5.74) is 8.06. The Kier molecular flexibility index (Phi) is 5.60. The Hall–Kier alpha value is -1.35. The van der Waals surface area contributed by atoms with Gasteiger partial charge in [0.2, 0.25) is 5.91 Å². The molecule has 0 aliphatic heterocycles. The van der Waals surface area contributed by atoms with Crippen molar-refractivity contribution in [3.63, 3.8) is 0 Å². The maximum Gasteiger partial charge on any atom is 0.236 e. The Bertz CT molecular complexity index is 436. The van der Waals surface area contributed by atoms with Gasteiger partial charge in [0.1, 0.15) is 0 Å². The molecule has 2 rings (SSSR count). The Balaban J connectivity index is 2.12. The van der Waals surface area contributed by atoms with E-state index in [-0.39, 0.29) is 12.5 Å². The number of aryl methyl sites for hydroxylation is 1. The lowest BCUT2D eigenvalue weighted by atomic mass is 10.0. The predicted octanol–water partition coefficient (Wildman–Crippen LogP) is 3.01. The standard InChI is InChI=1S/C17H26N2O/c1-14-7-6-8-15(11-14)13-19(17(20)12-18)16-9-4-2-3-5-10-16/h6-8,11,16H,2-5,9-10,12-13,18H2,1H3. The molecule has 0 radical (unpaired) electrons. The van der Waals surface area contributed by atoms with Crippen LogP contribution in [0.25, 0.3) is 0 Å². The predicted molar refractivity (Wildman–Crippen MR) is 82.3 cm³/mol. The van der Waals surface area contributed by atoms with Gasteiger partial charge in [-0.3, -0.25) is 4.79 Å². The Morgan fingerprint density at radius 3 is 2.55 bits per heavy atom. The lowest BCUT2D eigenvalue weighted by molar-refractivity contribution is -0.133. The molecule has 3 heteroatoms. The molecule has 0 bridgehead atoms. The Morgan fingerprint density at radius 1 is 1.25 bits per heavy atom. The number of hydrogen-bond acceptors (Lipinski definition) is 2. The van der Waals surface area contributed by atoms with Crippen molar-refractivity contribution in [2.24, 2.45) is 5.73 Å². The summed E-state index contributed by atoms with van der Waals surface area (Å²) in [5.74, 6) is 0.0819. The molecule has 20 heavy (non-hydrogen) atoms. The molecule has 1 fully saturated rings. The van der Waals surface area contributed by atoms with Gasteiger partial charge in [0.25, 0.3) is 0 Å². The molecule has 2 N–H and O–H groups in total. The zero-order valence-electron chi connectivity index (χ0n) is 12.5. The van der Waals surface area contributed by atoms with Crippen LogP contribution in [0.3, 0.4) is 0 Å². The number of hydrogen-bond donors (Lipinski definition) is 1. The van der Waals surface area contributed by atoms with Crippen LogP contribution in [-0.2, 0) is 11.3 Å². The van der Waals surface area contributed by atoms with Crippen molar-refractivity contribution in [1.29, 1.82) is 0 Å². The third-order valence-electron chi connectivity index (χ3n) is 4.20. The number of benzene rings is 1. The molecule has 3 nitrogen and oxygen atoms in total. The summed E-state index contributed by atoms with van der Waals surface area (Å²) in [5, 5.41) is 0. The molecule has 1 saturated carbocycles. The molecule has 0 aromatic heterocycles. The highest BCUT2D eigenvalue weighted by Gasteiger charge is 2.23. The number of carbonyl (C=O) groups excluding carboxylic acids is 1. The van der Waals surface area contributed by atoms with Gasteiger partial charge < -0.3 is 10.6 Å². The Morgan fingerprint density at radius 2 is 1.95 bits per heavy atom. The molecule has 1 aliphatic rings. The normalized spacial score (nSPS) is 16.7. The van der Waals surface area contributed by atoms with Gasteiger partial charge in [0, 0.05) is 12.6 Å². The van der Waals surface area contributed by atoms with E-state index in [4.69, 9.17) is 5.73 Å². The molecule has 1 aromatic carbocycles. The number of amides is 1. The Labute approximate surface area is 122 Å². The monoisotopic (exact) mass is 274 g/mol. The van der Waals surface area contributed by atoms with E-state index in [1.54, 1.807) is 0 Å². The largest absolute Gasteiger partial charge is 0.334 e. The maximum absolute atomic E-state index is 12.2. The fourth-order valence-electron chi connectivity index (χ4n) is 3.11. The smallest absolute Gasteiger partial charge is 0.236 e. The zero-order valence-corrected chi connectivity index (χ0v) is 12.5. The quantitative estimate of drug-likeness (QED) is 0.858. The van der Waals surface area contributed by atoms with Gasteiger partial charge >= 0.3 is 0 Å². The maximum atomic E-state index is 12.2. The fourth-order valence-corrected chi connectivity index (χ4v) is 3.11. The molecular formula is C17H26N2O. The summed E-state index contributed by atoms with van der Waals surface area (Å²) in [4.78, 5) is 14.2.